The van der Waals surface area contributed by atoms with E-state index >= 15 is 0 Å². The maximum atomic E-state index is 10.1. The number of rotatable bonds is 2. The SMILES string of the molecule is Cc1cc(C(O)c2ccccc2C)no1. The molecule has 0 radical (unpaired) electrons. The van der Waals surface area contributed by atoms with E-state index < -0.39 is 6.10 Å². The van der Waals surface area contributed by atoms with Crippen LogP contribution in [0.5, 0.6) is 0 Å². The molecular formula is C12H13NO2. The Morgan fingerprint density at radius 1 is 1.27 bits per heavy atom. The van der Waals surface area contributed by atoms with Gasteiger partial charge in [-0.05, 0) is 25.0 Å². The molecule has 0 aliphatic carbocycles. The minimum atomic E-state index is -0.705. The summed E-state index contributed by atoms with van der Waals surface area (Å²) in [6.45, 7) is 3.77. The summed E-state index contributed by atoms with van der Waals surface area (Å²) in [6.07, 6.45) is -0.705. The van der Waals surface area contributed by atoms with Gasteiger partial charge in [-0.1, -0.05) is 29.4 Å². The number of aryl methyl sites for hydroxylation is 2. The first-order valence-corrected chi connectivity index (χ1v) is 4.85. The zero-order valence-electron chi connectivity index (χ0n) is 8.77. The Labute approximate surface area is 88.3 Å². The van der Waals surface area contributed by atoms with Crippen molar-refractivity contribution in [2.45, 2.75) is 20.0 Å². The fourth-order valence-corrected chi connectivity index (χ4v) is 1.57. The Bertz CT molecular complexity index is 462. The van der Waals surface area contributed by atoms with Crippen LogP contribution in [-0.4, -0.2) is 10.3 Å². The molecule has 0 bridgehead atoms. The van der Waals surface area contributed by atoms with Gasteiger partial charge in [0.1, 0.15) is 17.6 Å². The van der Waals surface area contributed by atoms with E-state index in [1.165, 1.54) is 0 Å². The van der Waals surface area contributed by atoms with Crippen molar-refractivity contribution < 1.29 is 9.63 Å². The van der Waals surface area contributed by atoms with Crippen LogP contribution in [0, 0.1) is 13.8 Å². The normalized spacial score (nSPS) is 12.7. The fraction of sp³-hybridized carbons (Fsp3) is 0.250. The average Bonchev–Trinajstić information content (AvgIpc) is 2.65. The van der Waals surface area contributed by atoms with Gasteiger partial charge in [0.05, 0.1) is 0 Å². The number of hydrogen-bond acceptors (Lipinski definition) is 3. The Balaban J connectivity index is 2.36. The third-order valence-corrected chi connectivity index (χ3v) is 2.41. The van der Waals surface area contributed by atoms with Crippen molar-refractivity contribution in [2.24, 2.45) is 0 Å². The Kier molecular flexibility index (Phi) is 2.56. The van der Waals surface area contributed by atoms with Crippen molar-refractivity contribution in [1.82, 2.24) is 5.16 Å². The van der Waals surface area contributed by atoms with Crippen LogP contribution in [0.2, 0.25) is 0 Å². The molecule has 15 heavy (non-hydrogen) atoms. The predicted octanol–water partition coefficient (Wildman–Crippen LogP) is 2.37. The quantitative estimate of drug-likeness (QED) is 0.815. The van der Waals surface area contributed by atoms with E-state index in [2.05, 4.69) is 5.16 Å². The zero-order valence-corrected chi connectivity index (χ0v) is 8.77. The monoisotopic (exact) mass is 203 g/mol. The smallest absolute Gasteiger partial charge is 0.134 e. The van der Waals surface area contributed by atoms with E-state index in [1.807, 2.05) is 31.2 Å². The fourth-order valence-electron chi connectivity index (χ4n) is 1.57. The minimum Gasteiger partial charge on any atom is -0.382 e. The molecule has 0 spiro atoms. The van der Waals surface area contributed by atoms with Crippen LogP contribution in [0.1, 0.15) is 28.7 Å². The van der Waals surface area contributed by atoms with Gasteiger partial charge in [0.2, 0.25) is 0 Å². The van der Waals surface area contributed by atoms with Gasteiger partial charge >= 0.3 is 0 Å². The maximum absolute atomic E-state index is 10.1. The Morgan fingerprint density at radius 3 is 2.60 bits per heavy atom. The highest BCUT2D eigenvalue weighted by atomic mass is 16.5. The molecule has 2 rings (SSSR count). The second-order valence-corrected chi connectivity index (χ2v) is 3.62. The number of aliphatic hydroxyl groups is 1. The summed E-state index contributed by atoms with van der Waals surface area (Å²) in [4.78, 5) is 0. The number of aromatic nitrogens is 1. The van der Waals surface area contributed by atoms with Crippen molar-refractivity contribution in [2.75, 3.05) is 0 Å². The lowest BCUT2D eigenvalue weighted by molar-refractivity contribution is 0.207. The highest BCUT2D eigenvalue weighted by molar-refractivity contribution is 5.32. The molecule has 1 heterocycles. The molecule has 2 aromatic rings. The van der Waals surface area contributed by atoms with E-state index in [1.54, 1.807) is 13.0 Å². The molecule has 0 aliphatic rings. The second kappa shape index (κ2) is 3.87. The number of nitrogens with zero attached hydrogens (tertiary/aromatic N) is 1. The average molecular weight is 203 g/mol. The molecule has 0 aliphatic heterocycles. The molecule has 1 aromatic carbocycles. The predicted molar refractivity (Wildman–Crippen MR) is 56.5 cm³/mol. The molecule has 0 saturated heterocycles. The summed E-state index contributed by atoms with van der Waals surface area (Å²) in [5, 5.41) is 13.9. The van der Waals surface area contributed by atoms with Crippen molar-refractivity contribution in [1.29, 1.82) is 0 Å². The van der Waals surface area contributed by atoms with Crippen molar-refractivity contribution in [3.63, 3.8) is 0 Å². The Hall–Kier alpha value is -1.61. The van der Waals surface area contributed by atoms with Gasteiger partial charge < -0.3 is 9.63 Å². The van der Waals surface area contributed by atoms with E-state index in [9.17, 15) is 5.11 Å². The summed E-state index contributed by atoms with van der Waals surface area (Å²) in [7, 11) is 0. The van der Waals surface area contributed by atoms with Gasteiger partial charge in [-0.2, -0.15) is 0 Å². The third-order valence-electron chi connectivity index (χ3n) is 2.41. The van der Waals surface area contributed by atoms with E-state index in [0.717, 1.165) is 11.1 Å². The lowest BCUT2D eigenvalue weighted by Gasteiger charge is -2.09. The standard InChI is InChI=1S/C12H13NO2/c1-8-5-3-4-6-10(8)12(14)11-7-9(2)15-13-11/h3-7,12,14H,1-2H3. The molecule has 78 valence electrons. The molecule has 0 saturated carbocycles. The third kappa shape index (κ3) is 1.92. The molecule has 1 unspecified atom stereocenters. The van der Waals surface area contributed by atoms with Crippen molar-refractivity contribution in [3.8, 4) is 0 Å². The molecule has 1 aromatic heterocycles. The second-order valence-electron chi connectivity index (χ2n) is 3.62. The lowest BCUT2D eigenvalue weighted by atomic mass is 10.0. The highest BCUT2D eigenvalue weighted by Gasteiger charge is 2.15. The van der Waals surface area contributed by atoms with E-state index in [-0.39, 0.29) is 0 Å². The number of aliphatic hydroxyl groups excluding tert-OH is 1. The molecule has 1 atom stereocenters. The molecule has 3 heteroatoms. The summed E-state index contributed by atoms with van der Waals surface area (Å²) in [5.41, 5.74) is 2.47. The van der Waals surface area contributed by atoms with Gasteiger partial charge in [0, 0.05) is 6.07 Å². The van der Waals surface area contributed by atoms with Gasteiger partial charge in [-0.25, -0.2) is 0 Å². The first-order valence-electron chi connectivity index (χ1n) is 4.85. The van der Waals surface area contributed by atoms with Crippen LogP contribution in [0.3, 0.4) is 0 Å². The van der Waals surface area contributed by atoms with Gasteiger partial charge in [-0.15, -0.1) is 0 Å². The van der Waals surface area contributed by atoms with Crippen molar-refractivity contribution >= 4 is 0 Å². The van der Waals surface area contributed by atoms with E-state index in [4.69, 9.17) is 4.52 Å². The highest BCUT2D eigenvalue weighted by Crippen LogP contribution is 2.23. The molecule has 1 N–H and O–H groups in total. The summed E-state index contributed by atoms with van der Waals surface area (Å²) >= 11 is 0. The van der Waals surface area contributed by atoms with Crippen molar-refractivity contribution in [3.05, 3.63) is 52.9 Å². The summed E-state index contributed by atoms with van der Waals surface area (Å²) in [5.74, 6) is 0.706. The molecule has 0 fully saturated rings. The van der Waals surface area contributed by atoms with Crippen LogP contribution in [-0.2, 0) is 0 Å². The van der Waals surface area contributed by atoms with Gasteiger partial charge in [0.15, 0.2) is 0 Å². The maximum Gasteiger partial charge on any atom is 0.134 e. The summed E-state index contributed by atoms with van der Waals surface area (Å²) in [6, 6.07) is 9.45. The van der Waals surface area contributed by atoms with Crippen LogP contribution < -0.4 is 0 Å². The van der Waals surface area contributed by atoms with Crippen LogP contribution in [0.4, 0.5) is 0 Å². The zero-order chi connectivity index (χ0) is 10.8. The van der Waals surface area contributed by atoms with Gasteiger partial charge in [-0.3, -0.25) is 0 Å². The topological polar surface area (TPSA) is 46.3 Å². The minimum absolute atomic E-state index is 0.557. The first-order chi connectivity index (χ1) is 7.18. The lowest BCUT2D eigenvalue weighted by Crippen LogP contribution is -2.01. The van der Waals surface area contributed by atoms with Crippen LogP contribution >= 0.6 is 0 Å². The molecule has 3 nitrogen and oxygen atoms in total. The van der Waals surface area contributed by atoms with Crippen LogP contribution in [0.15, 0.2) is 34.9 Å². The number of benzene rings is 1. The molecular weight excluding hydrogens is 190 g/mol. The Morgan fingerprint density at radius 2 is 2.00 bits per heavy atom. The van der Waals surface area contributed by atoms with Crippen LogP contribution in [0.25, 0.3) is 0 Å². The molecule has 0 amide bonds. The van der Waals surface area contributed by atoms with E-state index in [0.29, 0.717) is 11.5 Å². The van der Waals surface area contributed by atoms with Gasteiger partial charge in [0.25, 0.3) is 0 Å². The largest absolute Gasteiger partial charge is 0.382 e. The number of hydrogen-bond donors (Lipinski definition) is 1. The first kappa shape index (κ1) is 9.93. The summed E-state index contributed by atoms with van der Waals surface area (Å²) < 4.78 is 4.94.